The van der Waals surface area contributed by atoms with Gasteiger partial charge in [0.1, 0.15) is 5.78 Å². The molecule has 1 fully saturated rings. The number of nitrogens with two attached hydrogens (primary N) is 1. The minimum Gasteiger partial charge on any atom is -0.398 e. The summed E-state index contributed by atoms with van der Waals surface area (Å²) in [7, 11) is 0. The van der Waals surface area contributed by atoms with E-state index in [4.69, 9.17) is 5.73 Å². The maximum absolute atomic E-state index is 12.9. The van der Waals surface area contributed by atoms with Gasteiger partial charge in [-0.1, -0.05) is 23.8 Å². The Morgan fingerprint density at radius 1 is 1.18 bits per heavy atom. The molecule has 2 N–H and O–H groups in total. The summed E-state index contributed by atoms with van der Waals surface area (Å²) in [6.45, 7) is 0. The van der Waals surface area contributed by atoms with Crippen LogP contribution < -0.4 is 5.73 Å². The van der Waals surface area contributed by atoms with Crippen molar-refractivity contribution in [1.29, 1.82) is 0 Å². The van der Waals surface area contributed by atoms with E-state index in [1.165, 1.54) is 22.1 Å². The summed E-state index contributed by atoms with van der Waals surface area (Å²) in [5.74, 6) is 0.962. The standard InChI is InChI=1S/C20H19NO/c21-18-3-1-2-13-10-17-14(9-16(13)18)5-7-19(22)20(17)11-12-4-6-15(20)8-12/h1-4,9-10,15H,5-8,11,21H2. The van der Waals surface area contributed by atoms with E-state index in [-0.39, 0.29) is 5.41 Å². The van der Waals surface area contributed by atoms with Crippen LogP contribution in [-0.2, 0) is 16.6 Å². The summed E-state index contributed by atoms with van der Waals surface area (Å²) >= 11 is 0. The van der Waals surface area contributed by atoms with Gasteiger partial charge in [-0.25, -0.2) is 0 Å². The first-order valence-corrected chi connectivity index (χ1v) is 8.21. The fourth-order valence-electron chi connectivity index (χ4n) is 5.09. The monoisotopic (exact) mass is 289 g/mol. The van der Waals surface area contributed by atoms with Gasteiger partial charge < -0.3 is 5.73 Å². The summed E-state index contributed by atoms with van der Waals surface area (Å²) < 4.78 is 0. The number of carbonyl (C=O) groups is 1. The number of benzene rings is 2. The summed E-state index contributed by atoms with van der Waals surface area (Å²) in [5.41, 5.74) is 10.9. The molecule has 0 heterocycles. The second-order valence-corrected chi connectivity index (χ2v) is 7.15. The van der Waals surface area contributed by atoms with Crippen molar-refractivity contribution in [2.24, 2.45) is 5.92 Å². The van der Waals surface area contributed by atoms with E-state index in [1.807, 2.05) is 12.1 Å². The van der Waals surface area contributed by atoms with Crippen LogP contribution in [0.15, 0.2) is 42.0 Å². The molecule has 2 heteroatoms. The van der Waals surface area contributed by atoms with Gasteiger partial charge in [-0.2, -0.15) is 0 Å². The highest BCUT2D eigenvalue weighted by Gasteiger charge is 2.55. The van der Waals surface area contributed by atoms with Gasteiger partial charge in [0.15, 0.2) is 0 Å². The molecule has 2 aromatic carbocycles. The molecule has 0 aromatic heterocycles. The summed E-state index contributed by atoms with van der Waals surface area (Å²) in [6.07, 6.45) is 7.07. The molecule has 2 unspecified atom stereocenters. The minimum absolute atomic E-state index is 0.226. The Balaban J connectivity index is 1.81. The number of ketones is 1. The van der Waals surface area contributed by atoms with Gasteiger partial charge in [0, 0.05) is 17.5 Å². The normalized spacial score (nSPS) is 29.2. The molecule has 2 bridgehead atoms. The van der Waals surface area contributed by atoms with Crippen molar-refractivity contribution in [3.05, 3.63) is 53.1 Å². The molecule has 0 aliphatic heterocycles. The number of nitrogen functional groups attached to an aromatic ring is 1. The van der Waals surface area contributed by atoms with Crippen LogP contribution in [0.3, 0.4) is 0 Å². The second kappa shape index (κ2) is 4.01. The molecule has 22 heavy (non-hydrogen) atoms. The first-order valence-electron chi connectivity index (χ1n) is 8.21. The van der Waals surface area contributed by atoms with Gasteiger partial charge in [-0.15, -0.1) is 0 Å². The lowest BCUT2D eigenvalue weighted by Crippen LogP contribution is -2.43. The average Bonchev–Trinajstić information content (AvgIpc) is 3.13. The van der Waals surface area contributed by atoms with Crippen LogP contribution in [0.25, 0.3) is 10.8 Å². The second-order valence-electron chi connectivity index (χ2n) is 7.15. The van der Waals surface area contributed by atoms with E-state index in [2.05, 4.69) is 24.3 Å². The number of carbonyl (C=O) groups excluding carboxylic acids is 1. The Morgan fingerprint density at radius 3 is 2.86 bits per heavy atom. The third kappa shape index (κ3) is 1.38. The topological polar surface area (TPSA) is 43.1 Å². The van der Waals surface area contributed by atoms with Gasteiger partial charge in [-0.05, 0) is 66.3 Å². The van der Waals surface area contributed by atoms with Crippen LogP contribution in [0.4, 0.5) is 5.69 Å². The Labute approximate surface area is 130 Å². The van der Waals surface area contributed by atoms with Gasteiger partial charge in [0.05, 0.1) is 5.41 Å². The number of allylic oxidation sites excluding steroid dienone is 2. The van der Waals surface area contributed by atoms with Crippen molar-refractivity contribution >= 4 is 22.2 Å². The molecule has 2 aromatic rings. The number of aryl methyl sites for hydroxylation is 1. The molecule has 110 valence electrons. The third-order valence-electron chi connectivity index (χ3n) is 6.14. The van der Waals surface area contributed by atoms with Gasteiger partial charge in [0.2, 0.25) is 0 Å². The number of hydrogen-bond donors (Lipinski definition) is 1. The van der Waals surface area contributed by atoms with Crippen LogP contribution in [0.2, 0.25) is 0 Å². The number of Topliss-reactive ketones (excluding diaryl/α,β-unsaturated/α-hetero) is 1. The molecule has 0 amide bonds. The van der Waals surface area contributed by atoms with Crippen LogP contribution in [0.5, 0.6) is 0 Å². The molecule has 0 saturated heterocycles. The van der Waals surface area contributed by atoms with Crippen molar-refractivity contribution in [2.75, 3.05) is 5.73 Å². The van der Waals surface area contributed by atoms with E-state index in [1.54, 1.807) is 0 Å². The van der Waals surface area contributed by atoms with Gasteiger partial charge in [-0.3, -0.25) is 4.79 Å². The van der Waals surface area contributed by atoms with E-state index in [0.717, 1.165) is 36.8 Å². The zero-order valence-electron chi connectivity index (χ0n) is 12.6. The van der Waals surface area contributed by atoms with Crippen molar-refractivity contribution in [1.82, 2.24) is 0 Å². The zero-order chi connectivity index (χ0) is 14.9. The first kappa shape index (κ1) is 12.5. The quantitative estimate of drug-likeness (QED) is 0.590. The molecule has 2 atom stereocenters. The van der Waals surface area contributed by atoms with Crippen LogP contribution >= 0.6 is 0 Å². The Hall–Kier alpha value is -2.09. The molecular formula is C20H19NO. The minimum atomic E-state index is -0.226. The van der Waals surface area contributed by atoms with E-state index < -0.39 is 0 Å². The molecule has 5 rings (SSSR count). The van der Waals surface area contributed by atoms with Gasteiger partial charge >= 0.3 is 0 Å². The zero-order valence-corrected chi connectivity index (χ0v) is 12.6. The molecular weight excluding hydrogens is 270 g/mol. The smallest absolute Gasteiger partial charge is 0.144 e. The average molecular weight is 289 g/mol. The Bertz CT molecular complexity index is 863. The Kier molecular flexibility index (Phi) is 2.27. The summed E-state index contributed by atoms with van der Waals surface area (Å²) in [5, 5.41) is 2.30. The van der Waals surface area contributed by atoms with Crippen LogP contribution in [0, 0.1) is 5.92 Å². The third-order valence-corrected chi connectivity index (χ3v) is 6.14. The predicted octanol–water partition coefficient (Wildman–Crippen LogP) is 3.92. The number of hydrogen-bond acceptors (Lipinski definition) is 2. The SMILES string of the molecule is Nc1cccc2cc3c(cc12)CCC(=O)C31CC2=CCC1C2. The first-order chi connectivity index (χ1) is 10.7. The number of anilines is 1. The summed E-state index contributed by atoms with van der Waals surface area (Å²) in [6, 6.07) is 10.6. The molecule has 1 saturated carbocycles. The predicted molar refractivity (Wildman–Crippen MR) is 88.8 cm³/mol. The lowest BCUT2D eigenvalue weighted by atomic mass is 9.61. The van der Waals surface area contributed by atoms with E-state index in [0.29, 0.717) is 18.1 Å². The van der Waals surface area contributed by atoms with Crippen molar-refractivity contribution in [3.8, 4) is 0 Å². The largest absolute Gasteiger partial charge is 0.398 e. The fourth-order valence-corrected chi connectivity index (χ4v) is 5.09. The molecule has 3 aliphatic rings. The molecule has 0 radical (unpaired) electrons. The highest BCUT2D eigenvalue weighted by molar-refractivity contribution is 5.99. The molecule has 3 aliphatic carbocycles. The highest BCUT2D eigenvalue weighted by Crippen LogP contribution is 2.57. The van der Waals surface area contributed by atoms with Gasteiger partial charge in [0.25, 0.3) is 0 Å². The lowest BCUT2D eigenvalue weighted by Gasteiger charge is -2.40. The number of fused-ring (bicyclic) bond motifs is 6. The fraction of sp³-hybridized carbons (Fsp3) is 0.350. The van der Waals surface area contributed by atoms with Crippen molar-refractivity contribution in [3.63, 3.8) is 0 Å². The van der Waals surface area contributed by atoms with Crippen molar-refractivity contribution < 1.29 is 4.79 Å². The van der Waals surface area contributed by atoms with Crippen LogP contribution in [-0.4, -0.2) is 5.78 Å². The maximum Gasteiger partial charge on any atom is 0.144 e. The van der Waals surface area contributed by atoms with Crippen molar-refractivity contribution in [2.45, 2.75) is 37.5 Å². The van der Waals surface area contributed by atoms with E-state index in [9.17, 15) is 4.79 Å². The summed E-state index contributed by atoms with van der Waals surface area (Å²) in [4.78, 5) is 12.9. The lowest BCUT2D eigenvalue weighted by molar-refractivity contribution is -0.126. The molecule has 1 spiro atoms. The van der Waals surface area contributed by atoms with E-state index >= 15 is 0 Å². The molecule has 2 nitrogen and oxygen atoms in total. The number of rotatable bonds is 0. The Morgan fingerprint density at radius 2 is 2.09 bits per heavy atom. The van der Waals surface area contributed by atoms with Crippen LogP contribution in [0.1, 0.15) is 36.8 Å². The highest BCUT2D eigenvalue weighted by atomic mass is 16.1. The maximum atomic E-state index is 12.9.